The Labute approximate surface area is 168 Å². The number of carbonyl (C=O) groups is 1. The van der Waals surface area contributed by atoms with Gasteiger partial charge < -0.3 is 9.88 Å². The normalized spacial score (nSPS) is 11.6. The van der Waals surface area contributed by atoms with E-state index in [0.717, 1.165) is 17.0 Å². The molecule has 142 valence electrons. The maximum absolute atomic E-state index is 12.6. The zero-order valence-electron chi connectivity index (χ0n) is 16.0. The average molecular weight is 392 g/mol. The fourth-order valence-corrected chi connectivity index (χ4v) is 3.71. The van der Waals surface area contributed by atoms with Crippen LogP contribution < -0.4 is 5.32 Å². The van der Waals surface area contributed by atoms with Crippen molar-refractivity contribution in [1.82, 2.24) is 14.8 Å². The van der Waals surface area contributed by atoms with Crippen LogP contribution >= 0.6 is 11.8 Å². The molecule has 0 aliphatic rings. The lowest BCUT2D eigenvalue weighted by atomic mass is 10.1. The minimum absolute atomic E-state index is 0.185. The van der Waals surface area contributed by atoms with Gasteiger partial charge in [-0.05, 0) is 39.0 Å². The Balaban J connectivity index is 1.78. The van der Waals surface area contributed by atoms with Crippen molar-refractivity contribution in [1.29, 1.82) is 5.26 Å². The molecule has 0 radical (unpaired) electrons. The van der Waals surface area contributed by atoms with Gasteiger partial charge in [-0.25, -0.2) is 0 Å². The highest BCUT2D eigenvalue weighted by Crippen LogP contribution is 2.28. The number of rotatable bonds is 6. The molecular weight excluding hydrogens is 370 g/mol. The van der Waals surface area contributed by atoms with E-state index in [9.17, 15) is 10.1 Å². The van der Waals surface area contributed by atoms with Gasteiger partial charge in [0.25, 0.3) is 0 Å². The van der Waals surface area contributed by atoms with E-state index in [0.29, 0.717) is 23.0 Å². The number of nitriles is 1. The molecule has 1 atom stereocenters. The van der Waals surface area contributed by atoms with E-state index in [4.69, 9.17) is 0 Å². The summed E-state index contributed by atoms with van der Waals surface area (Å²) in [6.45, 7) is 6.58. The molecule has 0 unspecified atom stereocenters. The summed E-state index contributed by atoms with van der Waals surface area (Å²) in [4.78, 5) is 12.6. The summed E-state index contributed by atoms with van der Waals surface area (Å²) in [5.74, 6) is 0.603. The van der Waals surface area contributed by atoms with Crippen LogP contribution in [-0.2, 0) is 11.3 Å². The van der Waals surface area contributed by atoms with Gasteiger partial charge in [0.05, 0.1) is 16.5 Å². The molecule has 1 heterocycles. The quantitative estimate of drug-likeness (QED) is 0.635. The summed E-state index contributed by atoms with van der Waals surface area (Å²) in [7, 11) is 0. The van der Waals surface area contributed by atoms with Crippen LogP contribution in [0, 0.1) is 18.3 Å². The Morgan fingerprint density at radius 1 is 1.25 bits per heavy atom. The van der Waals surface area contributed by atoms with Crippen LogP contribution in [0.15, 0.2) is 53.7 Å². The molecular formula is C21H21N5OS. The topological polar surface area (TPSA) is 83.6 Å². The van der Waals surface area contributed by atoms with Crippen molar-refractivity contribution in [3.63, 3.8) is 0 Å². The van der Waals surface area contributed by atoms with Gasteiger partial charge in [-0.1, -0.05) is 47.7 Å². The van der Waals surface area contributed by atoms with Crippen molar-refractivity contribution in [2.24, 2.45) is 0 Å². The highest BCUT2D eigenvalue weighted by Gasteiger charge is 2.21. The fourth-order valence-electron chi connectivity index (χ4n) is 2.79. The number of aryl methyl sites for hydroxylation is 1. The second-order valence-electron chi connectivity index (χ2n) is 6.33. The van der Waals surface area contributed by atoms with E-state index in [2.05, 4.69) is 27.6 Å². The van der Waals surface area contributed by atoms with Crippen LogP contribution in [0.25, 0.3) is 11.4 Å². The fraction of sp³-hybridized carbons (Fsp3) is 0.238. The Morgan fingerprint density at radius 2 is 2.04 bits per heavy atom. The summed E-state index contributed by atoms with van der Waals surface area (Å²) in [5, 5.41) is 20.9. The third kappa shape index (κ3) is 4.24. The Hall–Kier alpha value is -3.11. The lowest BCUT2D eigenvalue weighted by Gasteiger charge is -2.13. The van der Waals surface area contributed by atoms with Gasteiger partial charge in [-0.15, -0.1) is 10.2 Å². The molecule has 28 heavy (non-hydrogen) atoms. The maximum Gasteiger partial charge on any atom is 0.237 e. The molecule has 2 aromatic carbocycles. The smallest absolute Gasteiger partial charge is 0.237 e. The largest absolute Gasteiger partial charge is 0.324 e. The monoisotopic (exact) mass is 391 g/mol. The number of hydrogen-bond donors (Lipinski definition) is 1. The lowest BCUT2D eigenvalue weighted by Crippen LogP contribution is -2.23. The Kier molecular flexibility index (Phi) is 6.12. The predicted molar refractivity (Wildman–Crippen MR) is 111 cm³/mol. The first-order valence-electron chi connectivity index (χ1n) is 9.00. The zero-order valence-corrected chi connectivity index (χ0v) is 16.8. The van der Waals surface area contributed by atoms with E-state index in [1.165, 1.54) is 11.8 Å². The molecule has 0 spiro atoms. The Bertz CT molecular complexity index is 1040. The molecule has 7 heteroatoms. The van der Waals surface area contributed by atoms with Crippen LogP contribution in [0.2, 0.25) is 0 Å². The number of thioether (sulfide) groups is 1. The third-order valence-corrected chi connectivity index (χ3v) is 5.35. The molecule has 0 saturated carbocycles. The first-order valence-corrected chi connectivity index (χ1v) is 9.88. The third-order valence-electron chi connectivity index (χ3n) is 4.27. The molecule has 0 aliphatic carbocycles. The summed E-state index contributed by atoms with van der Waals surface area (Å²) >= 11 is 1.35. The van der Waals surface area contributed by atoms with E-state index in [-0.39, 0.29) is 5.91 Å². The van der Waals surface area contributed by atoms with Crippen molar-refractivity contribution in [2.45, 2.75) is 37.7 Å². The van der Waals surface area contributed by atoms with Crippen molar-refractivity contribution in [3.05, 3.63) is 59.7 Å². The number of hydrogen-bond acceptors (Lipinski definition) is 5. The molecule has 6 nitrogen and oxygen atoms in total. The zero-order chi connectivity index (χ0) is 20.1. The van der Waals surface area contributed by atoms with Gasteiger partial charge in [0.1, 0.15) is 6.07 Å². The highest BCUT2D eigenvalue weighted by atomic mass is 32.2. The second-order valence-corrected chi connectivity index (χ2v) is 7.63. The van der Waals surface area contributed by atoms with E-state index in [1.54, 1.807) is 24.3 Å². The number of benzene rings is 2. The highest BCUT2D eigenvalue weighted by molar-refractivity contribution is 8.00. The minimum atomic E-state index is -0.397. The number of aromatic nitrogens is 3. The number of anilines is 1. The first-order chi connectivity index (χ1) is 13.5. The molecule has 1 aromatic heterocycles. The van der Waals surface area contributed by atoms with Gasteiger partial charge >= 0.3 is 0 Å². The molecule has 3 rings (SSSR count). The number of amides is 1. The molecule has 0 saturated heterocycles. The van der Waals surface area contributed by atoms with Gasteiger partial charge in [0.2, 0.25) is 5.91 Å². The minimum Gasteiger partial charge on any atom is -0.324 e. The number of para-hydroxylation sites is 1. The molecule has 1 N–H and O–H groups in total. The van der Waals surface area contributed by atoms with E-state index in [1.807, 2.05) is 43.5 Å². The van der Waals surface area contributed by atoms with Crippen LogP contribution in [0.5, 0.6) is 0 Å². The molecule has 3 aromatic rings. The molecule has 0 aliphatic heterocycles. The predicted octanol–water partition coefficient (Wildman–Crippen LogP) is 4.26. The summed E-state index contributed by atoms with van der Waals surface area (Å²) in [5.41, 5.74) is 3.11. The van der Waals surface area contributed by atoms with Crippen LogP contribution in [-0.4, -0.2) is 25.9 Å². The van der Waals surface area contributed by atoms with E-state index < -0.39 is 5.25 Å². The van der Waals surface area contributed by atoms with Crippen molar-refractivity contribution in [2.75, 3.05) is 5.32 Å². The van der Waals surface area contributed by atoms with Gasteiger partial charge in [0.15, 0.2) is 11.0 Å². The van der Waals surface area contributed by atoms with E-state index >= 15 is 0 Å². The van der Waals surface area contributed by atoms with Gasteiger partial charge in [-0.2, -0.15) is 5.26 Å². The standard InChI is InChI=1S/C21H21N5OS/c1-4-26-19(16-10-7-8-14(2)12-16)24-25-21(26)28-15(3)20(27)23-18-11-6-5-9-17(18)13-22/h5-12,15H,4H2,1-3H3,(H,23,27)/t15-/m1/s1. The van der Waals surface area contributed by atoms with Gasteiger partial charge in [-0.3, -0.25) is 4.79 Å². The summed E-state index contributed by atoms with van der Waals surface area (Å²) in [6, 6.07) is 17.1. The average Bonchev–Trinajstić information content (AvgIpc) is 3.10. The second kappa shape index (κ2) is 8.72. The first kappa shape index (κ1) is 19.6. The van der Waals surface area contributed by atoms with Crippen molar-refractivity contribution < 1.29 is 4.79 Å². The summed E-state index contributed by atoms with van der Waals surface area (Å²) in [6.07, 6.45) is 0. The van der Waals surface area contributed by atoms with Crippen molar-refractivity contribution >= 4 is 23.4 Å². The van der Waals surface area contributed by atoms with Crippen LogP contribution in [0.1, 0.15) is 25.0 Å². The van der Waals surface area contributed by atoms with Crippen LogP contribution in [0.4, 0.5) is 5.69 Å². The number of carbonyl (C=O) groups excluding carboxylic acids is 1. The molecule has 0 bridgehead atoms. The SMILES string of the molecule is CCn1c(S[C@H](C)C(=O)Nc2ccccc2C#N)nnc1-c1cccc(C)c1. The van der Waals surface area contributed by atoms with Crippen LogP contribution in [0.3, 0.4) is 0 Å². The molecule has 0 fully saturated rings. The maximum atomic E-state index is 12.6. The van der Waals surface area contributed by atoms with Gasteiger partial charge in [0, 0.05) is 12.1 Å². The summed E-state index contributed by atoms with van der Waals surface area (Å²) < 4.78 is 2.01. The van der Waals surface area contributed by atoms with Crippen molar-refractivity contribution in [3.8, 4) is 17.5 Å². The number of nitrogens with zero attached hydrogens (tertiary/aromatic N) is 4. The Morgan fingerprint density at radius 3 is 2.75 bits per heavy atom. The number of nitrogens with one attached hydrogen (secondary N) is 1. The lowest BCUT2D eigenvalue weighted by molar-refractivity contribution is -0.115. The molecule has 1 amide bonds.